The van der Waals surface area contributed by atoms with Gasteiger partial charge in [0.15, 0.2) is 0 Å². The Hall–Kier alpha value is -1.69. The number of nitrogens with zero attached hydrogens (tertiary/aromatic N) is 3. The molecule has 0 radical (unpaired) electrons. The van der Waals surface area contributed by atoms with E-state index >= 15 is 0 Å². The number of rotatable bonds is 1. The fourth-order valence-corrected chi connectivity index (χ4v) is 2.02. The molecule has 1 aromatic heterocycles. The van der Waals surface area contributed by atoms with Crippen LogP contribution in [0.2, 0.25) is 0 Å². The van der Waals surface area contributed by atoms with Gasteiger partial charge in [-0.05, 0) is 19.4 Å². The van der Waals surface area contributed by atoms with E-state index in [0.29, 0.717) is 37.6 Å². The van der Waals surface area contributed by atoms with Crippen LogP contribution in [0.4, 0.5) is 0 Å². The summed E-state index contributed by atoms with van der Waals surface area (Å²) >= 11 is 0. The lowest BCUT2D eigenvalue weighted by atomic mass is 10.1. The molecule has 2 heterocycles. The highest BCUT2D eigenvalue weighted by molar-refractivity contribution is 5.95. The molecule has 0 aliphatic carbocycles. The van der Waals surface area contributed by atoms with Crippen LogP contribution in [0.25, 0.3) is 0 Å². The molecule has 1 aliphatic rings. The number of aryl methyl sites for hydroxylation is 2. The van der Waals surface area contributed by atoms with E-state index in [1.165, 1.54) is 4.68 Å². The molecule has 1 aliphatic heterocycles. The van der Waals surface area contributed by atoms with Crippen LogP contribution in [-0.2, 0) is 11.8 Å². The number of ether oxygens (including phenoxy) is 1. The van der Waals surface area contributed by atoms with Crippen molar-refractivity contribution in [2.75, 3.05) is 26.3 Å². The van der Waals surface area contributed by atoms with E-state index in [2.05, 4.69) is 5.10 Å². The van der Waals surface area contributed by atoms with Crippen LogP contribution in [0.15, 0.2) is 4.79 Å². The maximum absolute atomic E-state index is 12.4. The Morgan fingerprint density at radius 1 is 1.28 bits per heavy atom. The number of carbonyl (C=O) groups excluding carboxylic acids is 1. The van der Waals surface area contributed by atoms with Gasteiger partial charge in [0, 0.05) is 20.1 Å². The quantitative estimate of drug-likeness (QED) is 0.697. The third-order valence-electron chi connectivity index (χ3n) is 3.24. The van der Waals surface area contributed by atoms with E-state index in [1.807, 2.05) is 0 Å². The second-order valence-corrected chi connectivity index (χ2v) is 4.42. The molecule has 98 valence electrons. The molecule has 0 saturated carbocycles. The summed E-state index contributed by atoms with van der Waals surface area (Å²) in [7, 11) is 1.56. The summed E-state index contributed by atoms with van der Waals surface area (Å²) in [5.74, 6) is -0.220. The zero-order valence-electron chi connectivity index (χ0n) is 10.9. The van der Waals surface area contributed by atoms with Gasteiger partial charge in [-0.2, -0.15) is 5.10 Å². The number of morpholine rings is 1. The fraction of sp³-hybridized carbons (Fsp3) is 0.583. The highest BCUT2D eigenvalue weighted by atomic mass is 16.5. The summed E-state index contributed by atoms with van der Waals surface area (Å²) in [6.07, 6.45) is 0. The zero-order chi connectivity index (χ0) is 13.3. The van der Waals surface area contributed by atoms with Crippen LogP contribution < -0.4 is 5.56 Å². The first-order chi connectivity index (χ1) is 8.52. The van der Waals surface area contributed by atoms with E-state index in [4.69, 9.17) is 4.74 Å². The third-order valence-corrected chi connectivity index (χ3v) is 3.24. The molecule has 1 aromatic rings. The van der Waals surface area contributed by atoms with Gasteiger partial charge in [0.05, 0.1) is 18.9 Å². The molecule has 0 atom stereocenters. The molecule has 1 saturated heterocycles. The maximum Gasteiger partial charge on any atom is 0.279 e. The first-order valence-electron chi connectivity index (χ1n) is 5.94. The van der Waals surface area contributed by atoms with Crippen molar-refractivity contribution in [2.24, 2.45) is 7.05 Å². The Bertz CT molecular complexity index is 530. The highest BCUT2D eigenvalue weighted by Crippen LogP contribution is 2.10. The molecule has 0 bridgehead atoms. The van der Waals surface area contributed by atoms with Gasteiger partial charge in [0.1, 0.15) is 5.56 Å². The Balaban J connectivity index is 2.44. The van der Waals surface area contributed by atoms with Gasteiger partial charge in [-0.25, -0.2) is 4.68 Å². The van der Waals surface area contributed by atoms with E-state index < -0.39 is 0 Å². The van der Waals surface area contributed by atoms with Gasteiger partial charge in [-0.15, -0.1) is 0 Å². The van der Waals surface area contributed by atoms with Crippen LogP contribution in [0.1, 0.15) is 21.6 Å². The largest absolute Gasteiger partial charge is 0.378 e. The number of hydrogen-bond acceptors (Lipinski definition) is 4. The topological polar surface area (TPSA) is 64.4 Å². The summed E-state index contributed by atoms with van der Waals surface area (Å²) in [6, 6.07) is 0. The number of hydrogen-bond donors (Lipinski definition) is 0. The van der Waals surface area contributed by atoms with Crippen LogP contribution >= 0.6 is 0 Å². The SMILES string of the molecule is Cc1nn(C)c(=O)c(C(=O)N2CCOCC2)c1C. The average Bonchev–Trinajstić information content (AvgIpc) is 2.37. The predicted molar refractivity (Wildman–Crippen MR) is 65.7 cm³/mol. The van der Waals surface area contributed by atoms with Gasteiger partial charge in [-0.3, -0.25) is 9.59 Å². The van der Waals surface area contributed by atoms with Gasteiger partial charge in [0.25, 0.3) is 11.5 Å². The molecule has 1 fully saturated rings. The second-order valence-electron chi connectivity index (χ2n) is 4.42. The van der Waals surface area contributed by atoms with Gasteiger partial charge in [-0.1, -0.05) is 0 Å². The van der Waals surface area contributed by atoms with Crippen LogP contribution in [-0.4, -0.2) is 46.9 Å². The molecule has 1 amide bonds. The van der Waals surface area contributed by atoms with Crippen molar-refractivity contribution in [3.63, 3.8) is 0 Å². The van der Waals surface area contributed by atoms with Crippen molar-refractivity contribution in [3.8, 4) is 0 Å². The van der Waals surface area contributed by atoms with Crippen LogP contribution in [0, 0.1) is 13.8 Å². The van der Waals surface area contributed by atoms with Gasteiger partial charge >= 0.3 is 0 Å². The lowest BCUT2D eigenvalue weighted by molar-refractivity contribution is 0.0300. The lowest BCUT2D eigenvalue weighted by Gasteiger charge is -2.27. The molecule has 6 nitrogen and oxygen atoms in total. The summed E-state index contributed by atoms with van der Waals surface area (Å²) in [4.78, 5) is 26.1. The minimum Gasteiger partial charge on any atom is -0.378 e. The minimum atomic E-state index is -0.338. The van der Waals surface area contributed by atoms with Crippen LogP contribution in [0.3, 0.4) is 0 Å². The van der Waals surface area contributed by atoms with Crippen molar-refractivity contribution >= 4 is 5.91 Å². The first-order valence-corrected chi connectivity index (χ1v) is 5.94. The third kappa shape index (κ3) is 2.15. The molecule has 6 heteroatoms. The molecule has 0 unspecified atom stereocenters. The normalized spacial score (nSPS) is 15.8. The van der Waals surface area contributed by atoms with Crippen molar-refractivity contribution in [1.29, 1.82) is 0 Å². The number of amides is 1. The Kier molecular flexibility index (Phi) is 3.47. The highest BCUT2D eigenvalue weighted by Gasteiger charge is 2.24. The Morgan fingerprint density at radius 2 is 1.89 bits per heavy atom. The molecule has 2 rings (SSSR count). The molecular formula is C12H17N3O3. The average molecular weight is 251 g/mol. The molecule has 0 spiro atoms. The van der Waals surface area contributed by atoms with Gasteiger partial charge in [0.2, 0.25) is 0 Å². The van der Waals surface area contributed by atoms with E-state index in [0.717, 1.165) is 0 Å². The second kappa shape index (κ2) is 4.89. The number of aromatic nitrogens is 2. The Morgan fingerprint density at radius 3 is 2.50 bits per heavy atom. The monoisotopic (exact) mass is 251 g/mol. The zero-order valence-corrected chi connectivity index (χ0v) is 10.9. The van der Waals surface area contributed by atoms with Gasteiger partial charge < -0.3 is 9.64 Å². The molecule has 0 N–H and O–H groups in total. The predicted octanol–water partition coefficient (Wildman–Crippen LogP) is -0.130. The first kappa shape index (κ1) is 12.8. The van der Waals surface area contributed by atoms with Crippen LogP contribution in [0.5, 0.6) is 0 Å². The summed E-state index contributed by atoms with van der Waals surface area (Å²) < 4.78 is 6.42. The minimum absolute atomic E-state index is 0.220. The summed E-state index contributed by atoms with van der Waals surface area (Å²) in [5.41, 5.74) is 1.25. The number of carbonyl (C=O) groups is 1. The van der Waals surface area contributed by atoms with E-state index in [-0.39, 0.29) is 17.0 Å². The van der Waals surface area contributed by atoms with Crippen molar-refractivity contribution in [1.82, 2.24) is 14.7 Å². The fourth-order valence-electron chi connectivity index (χ4n) is 2.02. The van der Waals surface area contributed by atoms with Crippen molar-refractivity contribution < 1.29 is 9.53 Å². The van der Waals surface area contributed by atoms with E-state index in [9.17, 15) is 9.59 Å². The summed E-state index contributed by atoms with van der Waals surface area (Å²) in [5, 5.41) is 4.07. The van der Waals surface area contributed by atoms with E-state index in [1.54, 1.807) is 25.8 Å². The summed E-state index contributed by atoms with van der Waals surface area (Å²) in [6.45, 7) is 5.66. The lowest BCUT2D eigenvalue weighted by Crippen LogP contribution is -2.44. The maximum atomic E-state index is 12.4. The van der Waals surface area contributed by atoms with Crippen molar-refractivity contribution in [3.05, 3.63) is 27.2 Å². The van der Waals surface area contributed by atoms with Crippen molar-refractivity contribution in [2.45, 2.75) is 13.8 Å². The standard InChI is InChI=1S/C12H17N3O3/c1-8-9(2)13-14(3)11(16)10(8)12(17)15-4-6-18-7-5-15/h4-7H2,1-3H3. The Labute approximate surface area is 105 Å². The molecular weight excluding hydrogens is 234 g/mol. The smallest absolute Gasteiger partial charge is 0.279 e. The molecule has 18 heavy (non-hydrogen) atoms. The molecule has 0 aromatic carbocycles.